The number of rotatable bonds is 6. The van der Waals surface area contributed by atoms with Crippen LogP contribution >= 0.6 is 0 Å². The zero-order chi connectivity index (χ0) is 17.5. The highest BCUT2D eigenvalue weighted by atomic mass is 16.5. The molecule has 0 radical (unpaired) electrons. The van der Waals surface area contributed by atoms with Gasteiger partial charge in [-0.3, -0.25) is 0 Å². The molecular formula is C19H24N2O4. The zero-order valence-corrected chi connectivity index (χ0v) is 14.4. The Labute approximate surface area is 147 Å². The Morgan fingerprint density at radius 2 is 2.04 bits per heavy atom. The number of benzene rings is 1. The third kappa shape index (κ3) is 4.54. The van der Waals surface area contributed by atoms with Gasteiger partial charge in [-0.2, -0.15) is 0 Å². The Hall–Kier alpha value is -2.47. The van der Waals surface area contributed by atoms with E-state index < -0.39 is 0 Å². The molecule has 1 aromatic carbocycles. The number of urea groups is 1. The van der Waals surface area contributed by atoms with Crippen molar-refractivity contribution in [3.05, 3.63) is 48.4 Å². The first kappa shape index (κ1) is 17.4. The molecule has 6 heteroatoms. The van der Waals surface area contributed by atoms with Crippen LogP contribution in [0.15, 0.2) is 47.1 Å². The maximum Gasteiger partial charge on any atom is 0.322 e. The molecule has 0 unspecified atom stereocenters. The van der Waals surface area contributed by atoms with Crippen LogP contribution in [0.4, 0.5) is 10.5 Å². The molecule has 1 aromatic heterocycles. The number of hydrogen-bond acceptors (Lipinski definition) is 4. The van der Waals surface area contributed by atoms with E-state index in [4.69, 9.17) is 13.9 Å². The number of carbonyl (C=O) groups is 1. The van der Waals surface area contributed by atoms with E-state index in [9.17, 15) is 4.79 Å². The normalized spacial score (nSPS) is 14.9. The summed E-state index contributed by atoms with van der Waals surface area (Å²) in [6, 6.07) is 11.1. The van der Waals surface area contributed by atoms with Crippen LogP contribution in [0, 0.1) is 0 Å². The SMILES string of the molecule is CCOc1ccccc1NC(=O)N(Cc1ccco1)C1CCOCC1. The summed E-state index contributed by atoms with van der Waals surface area (Å²) < 4.78 is 16.5. The molecule has 0 saturated carbocycles. The van der Waals surface area contributed by atoms with Gasteiger partial charge in [0, 0.05) is 19.3 Å². The van der Waals surface area contributed by atoms with Crippen molar-refractivity contribution in [2.45, 2.75) is 32.4 Å². The average molecular weight is 344 g/mol. The monoisotopic (exact) mass is 344 g/mol. The van der Waals surface area contributed by atoms with Crippen LogP contribution in [-0.2, 0) is 11.3 Å². The molecule has 134 valence electrons. The van der Waals surface area contributed by atoms with Gasteiger partial charge in [-0.25, -0.2) is 4.79 Å². The Balaban J connectivity index is 1.76. The van der Waals surface area contributed by atoms with Gasteiger partial charge in [0.1, 0.15) is 11.5 Å². The standard InChI is InChI=1S/C19H24N2O4/c1-2-24-18-8-4-3-7-17(18)20-19(22)21(14-16-6-5-11-25-16)15-9-12-23-13-10-15/h3-8,11,15H,2,9-10,12-14H2,1H3,(H,20,22). The number of ether oxygens (including phenoxy) is 2. The van der Waals surface area contributed by atoms with E-state index in [-0.39, 0.29) is 12.1 Å². The van der Waals surface area contributed by atoms with E-state index in [1.165, 1.54) is 0 Å². The largest absolute Gasteiger partial charge is 0.492 e. The number of amides is 2. The molecule has 0 spiro atoms. The number of furan rings is 1. The fourth-order valence-electron chi connectivity index (χ4n) is 2.97. The fraction of sp³-hybridized carbons (Fsp3) is 0.421. The molecule has 1 saturated heterocycles. The topological polar surface area (TPSA) is 63.9 Å². The molecule has 25 heavy (non-hydrogen) atoms. The van der Waals surface area contributed by atoms with Gasteiger partial charge in [-0.05, 0) is 44.0 Å². The molecule has 3 rings (SSSR count). The van der Waals surface area contributed by atoms with Crippen molar-refractivity contribution in [2.24, 2.45) is 0 Å². The number of nitrogens with zero attached hydrogens (tertiary/aromatic N) is 1. The number of hydrogen-bond donors (Lipinski definition) is 1. The van der Waals surface area contributed by atoms with Gasteiger partial charge in [-0.1, -0.05) is 12.1 Å². The molecule has 2 amide bonds. The van der Waals surface area contributed by atoms with E-state index in [0.717, 1.165) is 18.6 Å². The molecular weight excluding hydrogens is 320 g/mol. The lowest BCUT2D eigenvalue weighted by atomic mass is 10.1. The van der Waals surface area contributed by atoms with Gasteiger partial charge in [0.05, 0.1) is 25.1 Å². The fourth-order valence-corrected chi connectivity index (χ4v) is 2.97. The van der Waals surface area contributed by atoms with Gasteiger partial charge in [0.25, 0.3) is 0 Å². The molecule has 0 atom stereocenters. The van der Waals surface area contributed by atoms with E-state index in [2.05, 4.69) is 5.32 Å². The number of anilines is 1. The third-order valence-electron chi connectivity index (χ3n) is 4.23. The Kier molecular flexibility index (Phi) is 5.95. The average Bonchev–Trinajstić information content (AvgIpc) is 3.15. The smallest absolute Gasteiger partial charge is 0.322 e. The van der Waals surface area contributed by atoms with Crippen molar-refractivity contribution in [3.63, 3.8) is 0 Å². The molecule has 2 aromatic rings. The van der Waals surface area contributed by atoms with Crippen molar-refractivity contribution in [2.75, 3.05) is 25.1 Å². The molecule has 1 aliphatic rings. The second-order valence-electron chi connectivity index (χ2n) is 5.91. The second kappa shape index (κ2) is 8.58. The molecule has 1 N–H and O–H groups in total. The van der Waals surface area contributed by atoms with Gasteiger partial charge in [-0.15, -0.1) is 0 Å². The van der Waals surface area contributed by atoms with E-state index >= 15 is 0 Å². The van der Waals surface area contributed by atoms with Crippen LogP contribution in [-0.4, -0.2) is 36.8 Å². The van der Waals surface area contributed by atoms with Gasteiger partial charge in [0.2, 0.25) is 0 Å². The quantitative estimate of drug-likeness (QED) is 0.863. The first-order chi connectivity index (χ1) is 12.3. The number of nitrogens with one attached hydrogen (secondary N) is 1. The lowest BCUT2D eigenvalue weighted by molar-refractivity contribution is 0.0443. The van der Waals surface area contributed by atoms with Crippen LogP contribution in [0.2, 0.25) is 0 Å². The highest BCUT2D eigenvalue weighted by Crippen LogP contribution is 2.25. The summed E-state index contributed by atoms with van der Waals surface area (Å²) >= 11 is 0. The molecule has 2 heterocycles. The third-order valence-corrected chi connectivity index (χ3v) is 4.23. The summed E-state index contributed by atoms with van der Waals surface area (Å²) in [5.74, 6) is 1.43. The lowest BCUT2D eigenvalue weighted by Gasteiger charge is -2.34. The highest BCUT2D eigenvalue weighted by Gasteiger charge is 2.27. The van der Waals surface area contributed by atoms with E-state index in [1.807, 2.05) is 48.2 Å². The molecule has 1 fully saturated rings. The molecule has 0 aliphatic carbocycles. The predicted molar refractivity (Wildman–Crippen MR) is 94.7 cm³/mol. The summed E-state index contributed by atoms with van der Waals surface area (Å²) in [7, 11) is 0. The minimum atomic E-state index is -0.157. The second-order valence-corrected chi connectivity index (χ2v) is 5.91. The van der Waals surface area contributed by atoms with Crippen LogP contribution in [0.1, 0.15) is 25.5 Å². The minimum absolute atomic E-state index is 0.123. The maximum atomic E-state index is 13.0. The predicted octanol–water partition coefficient (Wildman–Crippen LogP) is 3.89. The summed E-state index contributed by atoms with van der Waals surface area (Å²) in [6.45, 7) is 4.23. The van der Waals surface area contributed by atoms with Crippen molar-refractivity contribution >= 4 is 11.7 Å². The molecule has 1 aliphatic heterocycles. The Bertz CT molecular complexity index is 666. The van der Waals surface area contributed by atoms with Gasteiger partial charge in [0.15, 0.2) is 0 Å². The summed E-state index contributed by atoms with van der Waals surface area (Å²) in [4.78, 5) is 14.8. The highest BCUT2D eigenvalue weighted by molar-refractivity contribution is 5.91. The van der Waals surface area contributed by atoms with E-state index in [0.29, 0.717) is 37.8 Å². The molecule has 0 bridgehead atoms. The summed E-state index contributed by atoms with van der Waals surface area (Å²) in [5.41, 5.74) is 0.672. The summed E-state index contributed by atoms with van der Waals surface area (Å²) in [6.07, 6.45) is 3.27. The van der Waals surface area contributed by atoms with Gasteiger partial charge >= 0.3 is 6.03 Å². The Morgan fingerprint density at radius 1 is 1.24 bits per heavy atom. The van der Waals surface area contributed by atoms with Crippen molar-refractivity contribution in [1.29, 1.82) is 0 Å². The van der Waals surface area contributed by atoms with Crippen LogP contribution in [0.25, 0.3) is 0 Å². The minimum Gasteiger partial charge on any atom is -0.492 e. The number of para-hydroxylation sites is 2. The van der Waals surface area contributed by atoms with E-state index in [1.54, 1.807) is 6.26 Å². The van der Waals surface area contributed by atoms with Crippen LogP contribution in [0.5, 0.6) is 5.75 Å². The summed E-state index contributed by atoms with van der Waals surface area (Å²) in [5, 5.41) is 2.98. The Morgan fingerprint density at radius 3 is 2.76 bits per heavy atom. The first-order valence-corrected chi connectivity index (χ1v) is 8.67. The van der Waals surface area contributed by atoms with Crippen LogP contribution in [0.3, 0.4) is 0 Å². The lowest BCUT2D eigenvalue weighted by Crippen LogP contribution is -2.45. The molecule has 6 nitrogen and oxygen atoms in total. The van der Waals surface area contributed by atoms with Gasteiger partial charge < -0.3 is 24.1 Å². The zero-order valence-electron chi connectivity index (χ0n) is 14.4. The van der Waals surface area contributed by atoms with Crippen molar-refractivity contribution < 1.29 is 18.7 Å². The number of carbonyl (C=O) groups excluding carboxylic acids is 1. The maximum absolute atomic E-state index is 13.0. The van der Waals surface area contributed by atoms with Crippen LogP contribution < -0.4 is 10.1 Å². The first-order valence-electron chi connectivity index (χ1n) is 8.67. The van der Waals surface area contributed by atoms with Crippen molar-refractivity contribution in [3.8, 4) is 5.75 Å². The van der Waals surface area contributed by atoms with Crippen molar-refractivity contribution in [1.82, 2.24) is 4.90 Å².